The van der Waals surface area contributed by atoms with Crippen molar-refractivity contribution in [2.45, 2.75) is 0 Å². The Morgan fingerprint density at radius 1 is 1.25 bits per heavy atom. The number of aromatic nitrogens is 1. The van der Waals surface area contributed by atoms with Gasteiger partial charge in [0.05, 0.1) is 22.8 Å². The van der Waals surface area contributed by atoms with Crippen LogP contribution in [0.4, 0.5) is 0 Å². The van der Waals surface area contributed by atoms with Gasteiger partial charge in [0.15, 0.2) is 5.76 Å². The number of hydrogen-bond donors (Lipinski definition) is 0. The number of halogens is 1. The number of carboxylic acids is 1. The van der Waals surface area contributed by atoms with Crippen molar-refractivity contribution in [3.8, 4) is 11.5 Å². The molecule has 0 aliphatic carbocycles. The van der Waals surface area contributed by atoms with Crippen LogP contribution in [0, 0.1) is 0 Å². The van der Waals surface area contributed by atoms with Gasteiger partial charge in [0.25, 0.3) is 0 Å². The molecule has 3 rings (SSSR count). The van der Waals surface area contributed by atoms with E-state index in [4.69, 9.17) is 16.0 Å². The van der Waals surface area contributed by atoms with Gasteiger partial charge in [0.2, 0.25) is 0 Å². The fourth-order valence-electron chi connectivity index (χ4n) is 1.93. The smallest absolute Gasteiger partial charge is 0.545 e. The van der Waals surface area contributed by atoms with E-state index in [1.807, 2.05) is 0 Å². The molecule has 6 heteroatoms. The predicted molar refractivity (Wildman–Crippen MR) is 68.8 cm³/mol. The minimum absolute atomic E-state index is 0. The van der Waals surface area contributed by atoms with Gasteiger partial charge >= 0.3 is 51.4 Å². The molecule has 2 heterocycles. The van der Waals surface area contributed by atoms with Crippen LogP contribution in [-0.2, 0) is 0 Å². The second-order valence-electron chi connectivity index (χ2n) is 3.96. The van der Waals surface area contributed by atoms with E-state index >= 15 is 0 Å². The Morgan fingerprint density at radius 2 is 2.05 bits per heavy atom. The molecule has 0 radical (unpaired) electrons. The van der Waals surface area contributed by atoms with E-state index in [1.54, 1.807) is 30.3 Å². The largest absolute Gasteiger partial charge is 1.00 e. The number of rotatable bonds is 2. The summed E-state index contributed by atoms with van der Waals surface area (Å²) >= 11 is 6.06. The molecule has 0 saturated heterocycles. The number of carbonyl (C=O) groups is 1. The van der Waals surface area contributed by atoms with Crippen LogP contribution in [0.1, 0.15) is 10.4 Å². The number of aromatic carboxylic acids is 1. The first-order valence-corrected chi connectivity index (χ1v) is 5.89. The van der Waals surface area contributed by atoms with Gasteiger partial charge in [0.1, 0.15) is 5.69 Å². The number of carbonyl (C=O) groups excluding carboxylic acids is 1. The summed E-state index contributed by atoms with van der Waals surface area (Å²) < 4.78 is 5.22. The first-order chi connectivity index (χ1) is 9.16. The summed E-state index contributed by atoms with van der Waals surface area (Å²) in [6.45, 7) is 0. The van der Waals surface area contributed by atoms with Crippen LogP contribution in [0.5, 0.6) is 0 Å². The van der Waals surface area contributed by atoms with Gasteiger partial charge < -0.3 is 14.3 Å². The summed E-state index contributed by atoms with van der Waals surface area (Å²) in [5.74, 6) is -0.799. The second kappa shape index (κ2) is 6.38. The van der Waals surface area contributed by atoms with E-state index in [0.717, 1.165) is 0 Å². The van der Waals surface area contributed by atoms with Crippen molar-refractivity contribution in [3.05, 3.63) is 53.2 Å². The van der Waals surface area contributed by atoms with Crippen LogP contribution < -0.4 is 56.5 Å². The van der Waals surface area contributed by atoms with Gasteiger partial charge in [-0.05, 0) is 24.3 Å². The predicted octanol–water partition coefficient (Wildman–Crippen LogP) is -0.484. The molecular weight excluding hydrogens is 305 g/mol. The topological polar surface area (TPSA) is 66.2 Å². The Labute approximate surface area is 162 Å². The molecule has 0 unspecified atom stereocenters. The van der Waals surface area contributed by atoms with Crippen molar-refractivity contribution in [3.63, 3.8) is 0 Å². The standard InChI is InChI=1S/C14H8ClNO3.K/c15-10-4-1-3-8-9(14(17)18)7-11(16-13(8)10)12-5-2-6-19-12;/h1-7H,(H,17,18);/q;+1/p-1. The van der Waals surface area contributed by atoms with E-state index < -0.39 is 5.97 Å². The molecule has 94 valence electrons. The number of furan rings is 1. The Balaban J connectivity index is 0.00000147. The zero-order chi connectivity index (χ0) is 13.4. The number of hydrogen-bond acceptors (Lipinski definition) is 4. The van der Waals surface area contributed by atoms with Crippen molar-refractivity contribution >= 4 is 28.5 Å². The van der Waals surface area contributed by atoms with Crippen LogP contribution in [0.15, 0.2) is 47.1 Å². The van der Waals surface area contributed by atoms with Gasteiger partial charge in [-0.1, -0.05) is 23.7 Å². The van der Waals surface area contributed by atoms with Gasteiger partial charge in [-0.3, -0.25) is 0 Å². The van der Waals surface area contributed by atoms with Crippen molar-refractivity contribution in [1.82, 2.24) is 4.98 Å². The van der Waals surface area contributed by atoms with Crippen molar-refractivity contribution in [2.75, 3.05) is 0 Å². The molecule has 0 spiro atoms. The van der Waals surface area contributed by atoms with E-state index in [2.05, 4.69) is 4.98 Å². The number of para-hydroxylation sites is 1. The summed E-state index contributed by atoms with van der Waals surface area (Å²) in [5.41, 5.74) is 0.862. The quantitative estimate of drug-likeness (QED) is 0.599. The van der Waals surface area contributed by atoms with Gasteiger partial charge in [-0.15, -0.1) is 0 Å². The second-order valence-corrected chi connectivity index (χ2v) is 4.36. The average Bonchev–Trinajstić information content (AvgIpc) is 2.92. The third-order valence-corrected chi connectivity index (χ3v) is 3.09. The van der Waals surface area contributed by atoms with Crippen LogP contribution in [0.2, 0.25) is 5.02 Å². The molecule has 0 N–H and O–H groups in total. The summed E-state index contributed by atoms with van der Waals surface area (Å²) in [6.07, 6.45) is 1.49. The van der Waals surface area contributed by atoms with Crippen molar-refractivity contribution < 1.29 is 65.7 Å². The zero-order valence-corrected chi connectivity index (χ0v) is 14.5. The third-order valence-electron chi connectivity index (χ3n) is 2.78. The molecule has 0 bridgehead atoms. The van der Waals surface area contributed by atoms with E-state index in [1.165, 1.54) is 12.3 Å². The molecule has 4 nitrogen and oxygen atoms in total. The molecule has 0 atom stereocenters. The Hall–Kier alpha value is -0.694. The maximum atomic E-state index is 11.2. The molecule has 3 aromatic rings. The summed E-state index contributed by atoms with van der Waals surface area (Å²) in [6, 6.07) is 9.79. The molecule has 0 fully saturated rings. The minimum Gasteiger partial charge on any atom is -0.545 e. The number of pyridine rings is 1. The van der Waals surface area contributed by atoms with Gasteiger partial charge in [-0.25, -0.2) is 4.98 Å². The molecule has 20 heavy (non-hydrogen) atoms. The maximum Gasteiger partial charge on any atom is 1.00 e. The van der Waals surface area contributed by atoms with E-state index in [-0.39, 0.29) is 56.9 Å². The number of carboxylic acid groups (broad SMARTS) is 1. The van der Waals surface area contributed by atoms with Crippen LogP contribution in [0.3, 0.4) is 0 Å². The van der Waals surface area contributed by atoms with Gasteiger partial charge in [-0.2, -0.15) is 0 Å². The molecule has 1 aromatic carbocycles. The zero-order valence-electron chi connectivity index (χ0n) is 10.6. The maximum absolute atomic E-state index is 11.2. The number of nitrogens with zero attached hydrogens (tertiary/aromatic N) is 1. The summed E-state index contributed by atoms with van der Waals surface area (Å²) in [4.78, 5) is 15.6. The summed E-state index contributed by atoms with van der Waals surface area (Å²) in [7, 11) is 0. The minimum atomic E-state index is -1.28. The van der Waals surface area contributed by atoms with Gasteiger partial charge in [0, 0.05) is 10.9 Å². The Bertz CT molecular complexity index is 771. The fraction of sp³-hybridized carbons (Fsp3) is 0. The molecule has 0 saturated carbocycles. The molecule has 2 aromatic heterocycles. The number of benzene rings is 1. The van der Waals surface area contributed by atoms with Crippen molar-refractivity contribution in [2.24, 2.45) is 0 Å². The Morgan fingerprint density at radius 3 is 2.70 bits per heavy atom. The third kappa shape index (κ3) is 2.83. The monoisotopic (exact) mass is 311 g/mol. The summed E-state index contributed by atoms with van der Waals surface area (Å²) in [5, 5.41) is 12.1. The molecule has 0 amide bonds. The SMILES string of the molecule is O=C([O-])c1cc(-c2ccco2)nc2c(Cl)cccc12.[K+]. The Kier molecular flexibility index (Phi) is 5.01. The first kappa shape index (κ1) is 15.7. The van der Waals surface area contributed by atoms with E-state index in [9.17, 15) is 9.90 Å². The average molecular weight is 312 g/mol. The normalized spacial score (nSPS) is 10.2. The van der Waals surface area contributed by atoms with E-state index in [0.29, 0.717) is 27.4 Å². The molecule has 0 aliphatic rings. The van der Waals surface area contributed by atoms with Crippen LogP contribution in [-0.4, -0.2) is 11.0 Å². The van der Waals surface area contributed by atoms with Crippen LogP contribution in [0.25, 0.3) is 22.4 Å². The molecule has 0 aliphatic heterocycles. The molecular formula is C14H7ClKNO3. The van der Waals surface area contributed by atoms with Crippen LogP contribution >= 0.6 is 11.6 Å². The number of fused-ring (bicyclic) bond motifs is 1. The van der Waals surface area contributed by atoms with Crippen molar-refractivity contribution in [1.29, 1.82) is 0 Å². The fourth-order valence-corrected chi connectivity index (χ4v) is 2.15. The first-order valence-electron chi connectivity index (χ1n) is 5.51.